The van der Waals surface area contributed by atoms with Gasteiger partial charge < -0.3 is 14.8 Å². The van der Waals surface area contributed by atoms with Gasteiger partial charge >= 0.3 is 5.97 Å². The molecule has 0 heterocycles. The Balaban J connectivity index is 2.66. The number of rotatable bonds is 7. The molecule has 1 rings (SSSR count). The largest absolute Gasteiger partial charge is 0.497 e. The second kappa shape index (κ2) is 9.26. The normalized spacial score (nSPS) is 12.0. The summed E-state index contributed by atoms with van der Waals surface area (Å²) in [6.45, 7) is 3.37. The van der Waals surface area contributed by atoms with Crippen molar-refractivity contribution in [2.45, 2.75) is 26.3 Å². The summed E-state index contributed by atoms with van der Waals surface area (Å²) in [5.74, 6) is -0.554. The number of nitrogens with zero attached hydrogens (tertiary/aromatic N) is 1. The molecule has 0 unspecified atom stereocenters. The summed E-state index contributed by atoms with van der Waals surface area (Å²) in [6, 6.07) is 8.63. The van der Waals surface area contributed by atoms with E-state index in [1.54, 1.807) is 37.4 Å². The van der Waals surface area contributed by atoms with Crippen LogP contribution in [-0.4, -0.2) is 31.6 Å². The number of nitriles is 1. The van der Waals surface area contributed by atoms with Crippen LogP contribution < -0.4 is 10.1 Å². The van der Waals surface area contributed by atoms with Gasteiger partial charge in [0.1, 0.15) is 17.4 Å². The molecule has 0 aliphatic heterocycles. The molecule has 1 aromatic rings. The second-order valence-corrected chi connectivity index (χ2v) is 4.90. The van der Waals surface area contributed by atoms with E-state index in [0.29, 0.717) is 11.3 Å². The molecule has 1 amide bonds. The first kappa shape index (κ1) is 18.2. The third kappa shape index (κ3) is 6.22. The van der Waals surface area contributed by atoms with Crippen LogP contribution in [0.1, 0.15) is 25.8 Å². The van der Waals surface area contributed by atoms with Crippen LogP contribution in [0.25, 0.3) is 6.08 Å². The number of carbonyl (C=O) groups is 2. The number of esters is 1. The van der Waals surface area contributed by atoms with Crippen molar-refractivity contribution in [3.8, 4) is 11.8 Å². The molecule has 1 aromatic carbocycles. The molecule has 0 saturated carbocycles. The fourth-order valence-electron chi connectivity index (χ4n) is 1.63. The number of benzene rings is 1. The molecule has 0 aliphatic rings. The van der Waals surface area contributed by atoms with Crippen molar-refractivity contribution in [2.75, 3.05) is 13.7 Å². The minimum Gasteiger partial charge on any atom is -0.497 e. The van der Waals surface area contributed by atoms with Crippen LogP contribution in [-0.2, 0) is 14.3 Å². The summed E-state index contributed by atoms with van der Waals surface area (Å²) in [5, 5.41) is 11.7. The lowest BCUT2D eigenvalue weighted by Gasteiger charge is -2.11. The topological polar surface area (TPSA) is 88.4 Å². The van der Waals surface area contributed by atoms with Crippen LogP contribution in [0, 0.1) is 11.3 Å². The standard InChI is InChI=1S/C17H20N2O4/c1-4-12(2)19-16(20)11-23-17(21)14(10-18)9-13-5-7-15(22-3)8-6-13/h5-9,12H,4,11H2,1-3H3,(H,19,20)/b14-9+/t12-/m0/s1. The van der Waals surface area contributed by atoms with Crippen molar-refractivity contribution in [3.05, 3.63) is 35.4 Å². The number of nitrogens with one attached hydrogen (secondary N) is 1. The lowest BCUT2D eigenvalue weighted by Crippen LogP contribution is -2.35. The van der Waals surface area contributed by atoms with E-state index >= 15 is 0 Å². The van der Waals surface area contributed by atoms with Gasteiger partial charge in [-0.15, -0.1) is 0 Å². The maximum Gasteiger partial charge on any atom is 0.349 e. The Hall–Kier alpha value is -2.81. The number of amides is 1. The highest BCUT2D eigenvalue weighted by molar-refractivity contribution is 5.98. The van der Waals surface area contributed by atoms with E-state index in [9.17, 15) is 9.59 Å². The van der Waals surface area contributed by atoms with Crippen molar-refractivity contribution in [2.24, 2.45) is 0 Å². The molecule has 0 fully saturated rings. The zero-order valence-corrected chi connectivity index (χ0v) is 13.5. The summed E-state index contributed by atoms with van der Waals surface area (Å²) < 4.78 is 9.88. The minimum atomic E-state index is -0.831. The number of hydrogen-bond donors (Lipinski definition) is 1. The van der Waals surface area contributed by atoms with Crippen LogP contribution in [0.2, 0.25) is 0 Å². The van der Waals surface area contributed by atoms with E-state index < -0.39 is 18.5 Å². The van der Waals surface area contributed by atoms with E-state index in [-0.39, 0.29) is 11.6 Å². The number of carbonyl (C=O) groups excluding carboxylic acids is 2. The third-order valence-electron chi connectivity index (χ3n) is 3.12. The SMILES string of the molecule is CC[C@H](C)NC(=O)COC(=O)/C(C#N)=C/c1ccc(OC)cc1. The predicted octanol–water partition coefficient (Wildman–Crippen LogP) is 2.06. The van der Waals surface area contributed by atoms with Gasteiger partial charge in [0.2, 0.25) is 0 Å². The molecular weight excluding hydrogens is 296 g/mol. The molecule has 1 atom stereocenters. The molecule has 122 valence electrons. The summed E-state index contributed by atoms with van der Waals surface area (Å²) in [6.07, 6.45) is 2.18. The van der Waals surface area contributed by atoms with Crippen LogP contribution in [0.5, 0.6) is 5.75 Å². The zero-order chi connectivity index (χ0) is 17.2. The fraction of sp³-hybridized carbons (Fsp3) is 0.353. The van der Waals surface area contributed by atoms with Gasteiger partial charge in [-0.25, -0.2) is 4.79 Å². The van der Waals surface area contributed by atoms with Crippen molar-refractivity contribution in [1.82, 2.24) is 5.32 Å². The van der Waals surface area contributed by atoms with Gasteiger partial charge in [-0.2, -0.15) is 5.26 Å². The van der Waals surface area contributed by atoms with Crippen LogP contribution in [0.15, 0.2) is 29.8 Å². The molecular formula is C17H20N2O4. The molecule has 0 spiro atoms. The molecule has 0 bridgehead atoms. The number of ether oxygens (including phenoxy) is 2. The van der Waals surface area contributed by atoms with Gasteiger partial charge in [0.25, 0.3) is 5.91 Å². The highest BCUT2D eigenvalue weighted by Crippen LogP contribution is 2.14. The Labute approximate surface area is 135 Å². The average Bonchev–Trinajstić information content (AvgIpc) is 2.57. The van der Waals surface area contributed by atoms with E-state index in [4.69, 9.17) is 14.7 Å². The van der Waals surface area contributed by atoms with Crippen molar-refractivity contribution in [3.63, 3.8) is 0 Å². The second-order valence-electron chi connectivity index (χ2n) is 4.90. The summed E-state index contributed by atoms with van der Waals surface area (Å²) in [4.78, 5) is 23.4. The summed E-state index contributed by atoms with van der Waals surface area (Å²) in [7, 11) is 1.55. The maximum atomic E-state index is 11.8. The maximum absolute atomic E-state index is 11.8. The smallest absolute Gasteiger partial charge is 0.349 e. The van der Waals surface area contributed by atoms with Gasteiger partial charge in [-0.05, 0) is 37.1 Å². The Morgan fingerprint density at radius 3 is 2.52 bits per heavy atom. The molecule has 23 heavy (non-hydrogen) atoms. The highest BCUT2D eigenvalue weighted by Gasteiger charge is 2.14. The van der Waals surface area contributed by atoms with Crippen molar-refractivity contribution >= 4 is 18.0 Å². The first-order valence-corrected chi connectivity index (χ1v) is 7.22. The van der Waals surface area contributed by atoms with E-state index in [0.717, 1.165) is 6.42 Å². The van der Waals surface area contributed by atoms with Crippen LogP contribution in [0.4, 0.5) is 0 Å². The fourth-order valence-corrected chi connectivity index (χ4v) is 1.63. The van der Waals surface area contributed by atoms with E-state index in [1.807, 2.05) is 13.8 Å². The molecule has 0 radical (unpaired) electrons. The minimum absolute atomic E-state index is 0.00600. The molecule has 0 aliphatic carbocycles. The van der Waals surface area contributed by atoms with Gasteiger partial charge in [0.15, 0.2) is 6.61 Å². The molecule has 0 saturated heterocycles. The Bertz CT molecular complexity index is 614. The van der Waals surface area contributed by atoms with Crippen LogP contribution in [0.3, 0.4) is 0 Å². The Morgan fingerprint density at radius 2 is 2.00 bits per heavy atom. The summed E-state index contributed by atoms with van der Waals surface area (Å²) in [5.41, 5.74) is 0.481. The lowest BCUT2D eigenvalue weighted by molar-refractivity contribution is -0.144. The van der Waals surface area contributed by atoms with Crippen molar-refractivity contribution < 1.29 is 19.1 Å². The van der Waals surface area contributed by atoms with E-state index in [2.05, 4.69) is 5.32 Å². The number of hydrogen-bond acceptors (Lipinski definition) is 5. The highest BCUT2D eigenvalue weighted by atomic mass is 16.5. The summed E-state index contributed by atoms with van der Waals surface area (Å²) >= 11 is 0. The van der Waals surface area contributed by atoms with Gasteiger partial charge in [-0.3, -0.25) is 4.79 Å². The predicted molar refractivity (Wildman–Crippen MR) is 85.4 cm³/mol. The van der Waals surface area contributed by atoms with E-state index in [1.165, 1.54) is 6.08 Å². The molecule has 6 heteroatoms. The van der Waals surface area contributed by atoms with Gasteiger partial charge in [0.05, 0.1) is 7.11 Å². The van der Waals surface area contributed by atoms with Gasteiger partial charge in [-0.1, -0.05) is 19.1 Å². The first-order valence-electron chi connectivity index (χ1n) is 7.22. The monoisotopic (exact) mass is 316 g/mol. The third-order valence-corrected chi connectivity index (χ3v) is 3.12. The van der Waals surface area contributed by atoms with Crippen LogP contribution >= 0.6 is 0 Å². The number of methoxy groups -OCH3 is 1. The quantitative estimate of drug-likeness (QED) is 0.472. The molecule has 1 N–H and O–H groups in total. The van der Waals surface area contributed by atoms with Gasteiger partial charge in [0, 0.05) is 6.04 Å². The Morgan fingerprint density at radius 1 is 1.35 bits per heavy atom. The Kier molecular flexibility index (Phi) is 7.34. The molecule has 6 nitrogen and oxygen atoms in total. The lowest BCUT2D eigenvalue weighted by atomic mass is 10.1. The average molecular weight is 316 g/mol. The van der Waals surface area contributed by atoms with Crippen molar-refractivity contribution in [1.29, 1.82) is 5.26 Å². The molecule has 0 aromatic heterocycles. The first-order chi connectivity index (χ1) is 11.0. The zero-order valence-electron chi connectivity index (χ0n) is 13.5.